The van der Waals surface area contributed by atoms with Gasteiger partial charge in [0.15, 0.2) is 0 Å². The van der Waals surface area contributed by atoms with Crippen molar-refractivity contribution < 1.29 is 14.6 Å². The molecule has 0 aliphatic heterocycles. The van der Waals surface area contributed by atoms with Crippen LogP contribution in [0.25, 0.3) is 0 Å². The second kappa shape index (κ2) is 11.1. The molecule has 1 N–H and O–H groups in total. The third-order valence-electron chi connectivity index (χ3n) is 3.68. The maximum Gasteiger partial charge on any atom is 0.119 e. The minimum Gasteiger partial charge on any atom is -0.497 e. The maximum atomic E-state index is 8.92. The van der Waals surface area contributed by atoms with Crippen molar-refractivity contribution in [3.63, 3.8) is 0 Å². The standard InChI is InChI=1S/C10H13BrO.C10H14O2/c2*1-3-8-4-9(7-11)6-10(5-8)12-2/h4-6H,3,7H2,1-2H3;4-6,11H,3,7H2,1-2H3. The number of aryl methyl sites for hydroxylation is 2. The number of hydrogen-bond acceptors (Lipinski definition) is 3. The monoisotopic (exact) mass is 394 g/mol. The fourth-order valence-electron chi connectivity index (χ4n) is 2.27. The molecule has 132 valence electrons. The molecule has 0 bridgehead atoms. The molecule has 2 aromatic rings. The van der Waals surface area contributed by atoms with Gasteiger partial charge in [-0.2, -0.15) is 0 Å². The number of rotatable bonds is 6. The zero-order valence-corrected chi connectivity index (χ0v) is 16.5. The molecule has 2 rings (SSSR count). The largest absolute Gasteiger partial charge is 0.497 e. The van der Waals surface area contributed by atoms with Gasteiger partial charge < -0.3 is 14.6 Å². The van der Waals surface area contributed by atoms with E-state index in [-0.39, 0.29) is 6.61 Å². The molecule has 24 heavy (non-hydrogen) atoms. The molecule has 0 aromatic heterocycles. The van der Waals surface area contributed by atoms with E-state index >= 15 is 0 Å². The van der Waals surface area contributed by atoms with E-state index in [1.807, 2.05) is 24.3 Å². The number of hydrogen-bond donors (Lipinski definition) is 1. The molecule has 0 radical (unpaired) electrons. The van der Waals surface area contributed by atoms with Gasteiger partial charge in [-0.1, -0.05) is 41.9 Å². The smallest absolute Gasteiger partial charge is 0.119 e. The molecule has 3 nitrogen and oxygen atoms in total. The first kappa shape index (κ1) is 20.5. The van der Waals surface area contributed by atoms with Crippen LogP contribution in [0.15, 0.2) is 36.4 Å². The van der Waals surface area contributed by atoms with Crippen molar-refractivity contribution in [2.24, 2.45) is 0 Å². The Morgan fingerprint density at radius 3 is 1.54 bits per heavy atom. The summed E-state index contributed by atoms with van der Waals surface area (Å²) in [6.45, 7) is 4.30. The fraction of sp³-hybridized carbons (Fsp3) is 0.400. The van der Waals surface area contributed by atoms with E-state index in [0.717, 1.165) is 35.2 Å². The van der Waals surface area contributed by atoms with E-state index in [0.29, 0.717) is 0 Å². The van der Waals surface area contributed by atoms with Crippen LogP contribution in [0, 0.1) is 0 Å². The predicted molar refractivity (Wildman–Crippen MR) is 103 cm³/mol. The van der Waals surface area contributed by atoms with Crippen LogP contribution < -0.4 is 9.47 Å². The lowest BCUT2D eigenvalue weighted by atomic mass is 10.1. The quantitative estimate of drug-likeness (QED) is 0.707. The number of aliphatic hydroxyl groups is 1. The molecule has 0 saturated heterocycles. The summed E-state index contributed by atoms with van der Waals surface area (Å²) < 4.78 is 10.3. The number of ether oxygens (including phenoxy) is 2. The zero-order valence-electron chi connectivity index (χ0n) is 14.9. The number of benzene rings is 2. The number of methoxy groups -OCH3 is 2. The summed E-state index contributed by atoms with van der Waals surface area (Å²) in [7, 11) is 3.34. The summed E-state index contributed by atoms with van der Waals surface area (Å²) in [6, 6.07) is 12.1. The number of alkyl halides is 1. The Morgan fingerprint density at radius 1 is 0.750 bits per heavy atom. The summed E-state index contributed by atoms with van der Waals surface area (Å²) in [5, 5.41) is 9.81. The Hall–Kier alpha value is -1.52. The van der Waals surface area contributed by atoms with Crippen LogP contribution in [-0.4, -0.2) is 19.3 Å². The zero-order chi connectivity index (χ0) is 17.9. The van der Waals surface area contributed by atoms with Gasteiger partial charge in [-0.15, -0.1) is 0 Å². The molecule has 0 spiro atoms. The van der Waals surface area contributed by atoms with Gasteiger partial charge in [0.05, 0.1) is 20.8 Å². The third kappa shape index (κ3) is 6.54. The maximum absolute atomic E-state index is 8.92. The Kier molecular flexibility index (Phi) is 9.50. The fourth-order valence-corrected chi connectivity index (χ4v) is 2.59. The lowest BCUT2D eigenvalue weighted by Gasteiger charge is -2.05. The first-order valence-electron chi connectivity index (χ1n) is 8.10. The van der Waals surface area contributed by atoms with Gasteiger partial charge in [-0.05, 0) is 59.4 Å². The summed E-state index contributed by atoms with van der Waals surface area (Å²) in [5.41, 5.74) is 4.69. The minimum absolute atomic E-state index is 0.0736. The van der Waals surface area contributed by atoms with Crippen molar-refractivity contribution in [1.29, 1.82) is 0 Å². The molecule has 0 aliphatic rings. The molecule has 0 heterocycles. The second-order valence-electron chi connectivity index (χ2n) is 5.38. The summed E-state index contributed by atoms with van der Waals surface area (Å²) in [5.74, 6) is 1.77. The van der Waals surface area contributed by atoms with Gasteiger partial charge in [0.25, 0.3) is 0 Å². The molecule has 2 aromatic carbocycles. The SMILES string of the molecule is CCc1cc(CBr)cc(OC)c1.CCc1cc(CO)cc(OC)c1. The highest BCUT2D eigenvalue weighted by Gasteiger charge is 1.99. The van der Waals surface area contributed by atoms with Gasteiger partial charge >= 0.3 is 0 Å². The van der Waals surface area contributed by atoms with Crippen LogP contribution in [0.4, 0.5) is 0 Å². The molecule has 0 atom stereocenters. The first-order valence-corrected chi connectivity index (χ1v) is 9.22. The topological polar surface area (TPSA) is 38.7 Å². The van der Waals surface area contributed by atoms with Crippen LogP contribution in [0.2, 0.25) is 0 Å². The molecule has 0 amide bonds. The Balaban J connectivity index is 0.000000240. The van der Waals surface area contributed by atoms with Crippen molar-refractivity contribution >= 4 is 15.9 Å². The van der Waals surface area contributed by atoms with Crippen LogP contribution in [-0.2, 0) is 24.8 Å². The molecule has 0 unspecified atom stereocenters. The minimum atomic E-state index is 0.0736. The van der Waals surface area contributed by atoms with Crippen molar-refractivity contribution in [3.8, 4) is 11.5 Å². The highest BCUT2D eigenvalue weighted by atomic mass is 79.9. The van der Waals surface area contributed by atoms with Gasteiger partial charge in [-0.3, -0.25) is 0 Å². The molecule has 0 aliphatic carbocycles. The third-order valence-corrected chi connectivity index (χ3v) is 4.32. The summed E-state index contributed by atoms with van der Waals surface area (Å²) in [6.07, 6.45) is 2.02. The lowest BCUT2D eigenvalue weighted by Crippen LogP contribution is -1.90. The molecule has 0 saturated carbocycles. The van der Waals surface area contributed by atoms with Gasteiger partial charge in [-0.25, -0.2) is 0 Å². The predicted octanol–water partition coefficient (Wildman–Crippen LogP) is 4.90. The van der Waals surface area contributed by atoms with Gasteiger partial charge in [0.1, 0.15) is 11.5 Å². The lowest BCUT2D eigenvalue weighted by molar-refractivity contribution is 0.281. The highest BCUT2D eigenvalue weighted by molar-refractivity contribution is 9.08. The van der Waals surface area contributed by atoms with Crippen LogP contribution in [0.5, 0.6) is 11.5 Å². The molecular weight excluding hydrogens is 368 g/mol. The second-order valence-corrected chi connectivity index (χ2v) is 5.94. The molecule has 0 fully saturated rings. The van der Waals surface area contributed by atoms with Crippen LogP contribution >= 0.6 is 15.9 Å². The molecular formula is C20H27BrO3. The van der Waals surface area contributed by atoms with Crippen LogP contribution in [0.3, 0.4) is 0 Å². The first-order chi connectivity index (χ1) is 11.6. The van der Waals surface area contributed by atoms with E-state index in [4.69, 9.17) is 14.6 Å². The Bertz CT molecular complexity index is 460. The van der Waals surface area contributed by atoms with Gasteiger partial charge in [0.2, 0.25) is 0 Å². The Labute approximate surface area is 153 Å². The average Bonchev–Trinajstić information content (AvgIpc) is 2.67. The Morgan fingerprint density at radius 2 is 1.17 bits per heavy atom. The van der Waals surface area contributed by atoms with Gasteiger partial charge in [0, 0.05) is 5.33 Å². The van der Waals surface area contributed by atoms with E-state index in [1.165, 1.54) is 16.7 Å². The van der Waals surface area contributed by atoms with Crippen molar-refractivity contribution in [2.45, 2.75) is 38.6 Å². The number of aliphatic hydroxyl groups excluding tert-OH is 1. The number of halogens is 1. The normalized spacial score (nSPS) is 9.92. The van der Waals surface area contributed by atoms with Crippen molar-refractivity contribution in [3.05, 3.63) is 58.7 Å². The average molecular weight is 395 g/mol. The van der Waals surface area contributed by atoms with Crippen molar-refractivity contribution in [2.75, 3.05) is 14.2 Å². The van der Waals surface area contributed by atoms with E-state index in [2.05, 4.69) is 41.9 Å². The summed E-state index contributed by atoms with van der Waals surface area (Å²) in [4.78, 5) is 0. The van der Waals surface area contributed by atoms with E-state index in [1.54, 1.807) is 14.2 Å². The summed E-state index contributed by atoms with van der Waals surface area (Å²) >= 11 is 3.43. The van der Waals surface area contributed by atoms with E-state index < -0.39 is 0 Å². The highest BCUT2D eigenvalue weighted by Crippen LogP contribution is 2.19. The van der Waals surface area contributed by atoms with Crippen LogP contribution in [0.1, 0.15) is 36.1 Å². The van der Waals surface area contributed by atoms with Crippen molar-refractivity contribution in [1.82, 2.24) is 0 Å². The van der Waals surface area contributed by atoms with E-state index in [9.17, 15) is 0 Å². The molecule has 4 heteroatoms.